The molecule has 0 spiro atoms. The predicted octanol–water partition coefficient (Wildman–Crippen LogP) is 13.6. The van der Waals surface area contributed by atoms with Gasteiger partial charge in [0.25, 0.3) is 0 Å². The van der Waals surface area contributed by atoms with E-state index >= 15 is 0 Å². The third kappa shape index (κ3) is 42.3. The van der Waals surface area contributed by atoms with Crippen molar-refractivity contribution in [1.29, 1.82) is 0 Å². The average molecular weight is 705 g/mol. The molecule has 0 amide bonds. The van der Waals surface area contributed by atoms with Crippen LogP contribution < -0.4 is 0 Å². The van der Waals surface area contributed by atoms with Crippen LogP contribution in [0.15, 0.2) is 0 Å². The number of aliphatic hydroxyl groups excluding tert-OH is 1. The molecule has 0 radical (unpaired) electrons. The van der Waals surface area contributed by atoms with Gasteiger partial charge in [-0.25, -0.2) is 0 Å². The van der Waals surface area contributed by atoms with Crippen LogP contribution in [0.5, 0.6) is 0 Å². The highest BCUT2D eigenvalue weighted by Gasteiger charge is 2.16. The van der Waals surface area contributed by atoms with E-state index in [1.54, 1.807) is 0 Å². The highest BCUT2D eigenvalue weighted by atomic mass is 35.5. The zero-order valence-corrected chi connectivity index (χ0v) is 34.3. The van der Waals surface area contributed by atoms with Crippen LogP contribution in [-0.2, 0) is 9.47 Å². The monoisotopic (exact) mass is 704 g/mol. The zero-order valence-electron chi connectivity index (χ0n) is 33.4. The van der Waals surface area contributed by atoms with Crippen molar-refractivity contribution in [2.75, 3.05) is 40.5 Å². The SMILES string of the molecule is CCCCCCCCCCCCCCCCCCOCC(CC(O)CN(C)C)OCCCCCCCCCCCCCCCCCC.Cl. The first-order chi connectivity index (χ1) is 23.1. The van der Waals surface area contributed by atoms with Crippen molar-refractivity contribution in [2.24, 2.45) is 0 Å². The molecule has 5 heteroatoms. The fraction of sp³-hybridized carbons (Fsp3) is 1.00. The Balaban J connectivity index is 0. The van der Waals surface area contributed by atoms with Crippen LogP contribution >= 0.6 is 12.4 Å². The maximum Gasteiger partial charge on any atom is 0.0833 e. The van der Waals surface area contributed by atoms with E-state index in [-0.39, 0.29) is 24.6 Å². The average Bonchev–Trinajstić information content (AvgIpc) is 3.05. The number of hydrogen-bond donors (Lipinski definition) is 1. The van der Waals surface area contributed by atoms with E-state index in [4.69, 9.17) is 9.47 Å². The molecular weight excluding hydrogens is 614 g/mol. The number of aliphatic hydroxyl groups is 1. The standard InChI is InChI=1S/C43H89NO3.ClH/c1-5-7-9-11-13-15-17-19-21-23-25-27-29-31-33-35-37-46-41-43(39-42(45)40-44(3)4)47-38-36-34-32-30-28-26-24-22-20-18-16-14-12-10-8-6-2;/h42-43,45H,5-41H2,1-4H3;1H. The Bertz CT molecular complexity index is 564. The Morgan fingerprint density at radius 3 is 1.04 bits per heavy atom. The molecule has 4 nitrogen and oxygen atoms in total. The number of halogens is 1. The van der Waals surface area contributed by atoms with E-state index in [2.05, 4.69) is 18.7 Å². The molecule has 0 aromatic rings. The minimum Gasteiger partial charge on any atom is -0.392 e. The lowest BCUT2D eigenvalue weighted by Crippen LogP contribution is -2.32. The topological polar surface area (TPSA) is 41.9 Å². The van der Waals surface area contributed by atoms with E-state index < -0.39 is 0 Å². The second-order valence-electron chi connectivity index (χ2n) is 15.3. The molecule has 0 bridgehead atoms. The third-order valence-corrected chi connectivity index (χ3v) is 9.91. The van der Waals surface area contributed by atoms with Gasteiger partial charge >= 0.3 is 0 Å². The summed E-state index contributed by atoms with van der Waals surface area (Å²) in [5, 5.41) is 10.5. The van der Waals surface area contributed by atoms with E-state index in [1.807, 2.05) is 14.1 Å². The molecule has 0 saturated carbocycles. The summed E-state index contributed by atoms with van der Waals surface area (Å²) in [6, 6.07) is 0. The first-order valence-electron chi connectivity index (χ1n) is 21.6. The van der Waals surface area contributed by atoms with Gasteiger partial charge in [0, 0.05) is 26.2 Å². The van der Waals surface area contributed by atoms with Crippen molar-refractivity contribution in [3.05, 3.63) is 0 Å². The maximum absolute atomic E-state index is 10.5. The Morgan fingerprint density at radius 1 is 0.438 bits per heavy atom. The summed E-state index contributed by atoms with van der Waals surface area (Å²) in [6.07, 6.45) is 44.8. The van der Waals surface area contributed by atoms with Gasteiger partial charge in [-0.05, 0) is 26.9 Å². The largest absolute Gasteiger partial charge is 0.392 e. The van der Waals surface area contributed by atoms with E-state index in [0.717, 1.165) is 26.1 Å². The Labute approximate surface area is 309 Å². The molecule has 0 aliphatic carbocycles. The minimum atomic E-state index is -0.361. The molecule has 0 aromatic carbocycles. The molecule has 0 aliphatic heterocycles. The van der Waals surface area contributed by atoms with Gasteiger partial charge in [-0.15, -0.1) is 12.4 Å². The molecule has 2 unspecified atom stereocenters. The van der Waals surface area contributed by atoms with Crippen molar-refractivity contribution in [3.8, 4) is 0 Å². The molecule has 2 atom stereocenters. The van der Waals surface area contributed by atoms with Crippen molar-refractivity contribution < 1.29 is 14.6 Å². The summed E-state index contributed by atoms with van der Waals surface area (Å²) >= 11 is 0. The summed E-state index contributed by atoms with van der Waals surface area (Å²) in [4.78, 5) is 2.05. The van der Waals surface area contributed by atoms with Crippen LogP contribution in [0.25, 0.3) is 0 Å². The third-order valence-electron chi connectivity index (χ3n) is 9.91. The second-order valence-corrected chi connectivity index (χ2v) is 15.3. The number of rotatable bonds is 41. The van der Waals surface area contributed by atoms with Crippen molar-refractivity contribution in [2.45, 2.75) is 238 Å². The van der Waals surface area contributed by atoms with Crippen LogP contribution in [0.1, 0.15) is 226 Å². The zero-order chi connectivity index (χ0) is 34.3. The molecule has 48 heavy (non-hydrogen) atoms. The Hall–Kier alpha value is 0.130. The van der Waals surface area contributed by atoms with Gasteiger partial charge < -0.3 is 19.5 Å². The molecular formula is C43H90ClNO3. The van der Waals surface area contributed by atoms with Crippen LogP contribution in [-0.4, -0.2) is 62.7 Å². The molecule has 1 N–H and O–H groups in total. The van der Waals surface area contributed by atoms with Crippen molar-refractivity contribution in [1.82, 2.24) is 4.90 Å². The molecule has 0 rings (SSSR count). The Morgan fingerprint density at radius 2 is 0.729 bits per heavy atom. The summed E-state index contributed by atoms with van der Waals surface area (Å²) in [5.74, 6) is 0. The predicted molar refractivity (Wildman–Crippen MR) is 216 cm³/mol. The summed E-state index contributed by atoms with van der Waals surface area (Å²) < 4.78 is 12.3. The number of hydrogen-bond acceptors (Lipinski definition) is 4. The van der Waals surface area contributed by atoms with Crippen molar-refractivity contribution >= 4 is 12.4 Å². The smallest absolute Gasteiger partial charge is 0.0833 e. The van der Waals surface area contributed by atoms with Crippen LogP contribution in [0.3, 0.4) is 0 Å². The molecule has 0 fully saturated rings. The number of nitrogens with zero attached hydrogens (tertiary/aromatic N) is 1. The van der Waals surface area contributed by atoms with Gasteiger partial charge in [-0.3, -0.25) is 0 Å². The van der Waals surface area contributed by atoms with Gasteiger partial charge in [-0.1, -0.05) is 206 Å². The maximum atomic E-state index is 10.5. The first-order valence-corrected chi connectivity index (χ1v) is 21.6. The lowest BCUT2D eigenvalue weighted by Gasteiger charge is -2.23. The highest BCUT2D eigenvalue weighted by Crippen LogP contribution is 2.16. The van der Waals surface area contributed by atoms with Crippen LogP contribution in [0.2, 0.25) is 0 Å². The first kappa shape index (κ1) is 50.2. The lowest BCUT2D eigenvalue weighted by molar-refractivity contribution is -0.0436. The van der Waals surface area contributed by atoms with Gasteiger partial charge in [0.15, 0.2) is 0 Å². The molecule has 0 aromatic heterocycles. The minimum absolute atomic E-state index is 0. The number of likely N-dealkylation sites (N-methyl/N-ethyl adjacent to an activating group) is 1. The summed E-state index contributed by atoms with van der Waals surface area (Å²) in [7, 11) is 4.03. The number of ether oxygens (including phenoxy) is 2. The van der Waals surface area contributed by atoms with Gasteiger partial charge in [0.2, 0.25) is 0 Å². The molecule has 0 aliphatic rings. The fourth-order valence-corrected chi connectivity index (χ4v) is 6.85. The van der Waals surface area contributed by atoms with E-state index in [0.29, 0.717) is 19.6 Å². The van der Waals surface area contributed by atoms with Gasteiger partial charge in [-0.2, -0.15) is 0 Å². The highest BCUT2D eigenvalue weighted by molar-refractivity contribution is 5.85. The van der Waals surface area contributed by atoms with Gasteiger partial charge in [0.1, 0.15) is 0 Å². The quantitative estimate of drug-likeness (QED) is 0.0644. The lowest BCUT2D eigenvalue weighted by atomic mass is 10.0. The molecule has 292 valence electrons. The van der Waals surface area contributed by atoms with Crippen molar-refractivity contribution in [3.63, 3.8) is 0 Å². The normalized spacial score (nSPS) is 12.9. The fourth-order valence-electron chi connectivity index (χ4n) is 6.85. The molecule has 0 saturated heterocycles. The second kappa shape index (κ2) is 43.3. The Kier molecular flexibility index (Phi) is 45.3. The van der Waals surface area contributed by atoms with Gasteiger partial charge in [0.05, 0.1) is 18.8 Å². The summed E-state index contributed by atoms with van der Waals surface area (Å²) in [6.45, 7) is 7.50. The van der Waals surface area contributed by atoms with Crippen LogP contribution in [0, 0.1) is 0 Å². The van der Waals surface area contributed by atoms with E-state index in [9.17, 15) is 5.11 Å². The van der Waals surface area contributed by atoms with Crippen LogP contribution in [0.4, 0.5) is 0 Å². The van der Waals surface area contributed by atoms with E-state index in [1.165, 1.54) is 193 Å². The molecule has 0 heterocycles. The number of unbranched alkanes of at least 4 members (excludes halogenated alkanes) is 30. The summed E-state index contributed by atoms with van der Waals surface area (Å²) in [5.41, 5.74) is 0.